The van der Waals surface area contributed by atoms with Gasteiger partial charge in [-0.1, -0.05) is 36.4 Å². The fraction of sp³-hybridized carbons (Fsp3) is 0.273. The topological polar surface area (TPSA) is 18.5 Å². The summed E-state index contributed by atoms with van der Waals surface area (Å²) < 4.78 is 10.3. The van der Waals surface area contributed by atoms with Gasteiger partial charge in [0.25, 0.3) is 0 Å². The largest absolute Gasteiger partial charge is 0.493 e. The zero-order valence-corrected chi connectivity index (χ0v) is 8.86. The normalized spacial score (nSPS) is 10.8. The maximum Gasteiger partial charge on any atom is 0.493 e. The van der Waals surface area contributed by atoms with Crippen LogP contribution in [0.25, 0.3) is 6.08 Å². The first-order valence-electron chi connectivity index (χ1n) is 4.60. The first-order chi connectivity index (χ1) is 6.81. The van der Waals surface area contributed by atoms with Gasteiger partial charge in [0, 0.05) is 14.2 Å². The molecule has 0 amide bonds. The molecule has 0 aromatic heterocycles. The first-order valence-corrected chi connectivity index (χ1v) is 4.60. The lowest BCUT2D eigenvalue weighted by Gasteiger charge is -2.08. The van der Waals surface area contributed by atoms with Crippen molar-refractivity contribution in [3.8, 4) is 0 Å². The Bertz CT molecular complexity index is 289. The lowest BCUT2D eigenvalue weighted by Crippen LogP contribution is -2.34. The van der Waals surface area contributed by atoms with Crippen molar-refractivity contribution in [2.24, 2.45) is 0 Å². The van der Waals surface area contributed by atoms with Crippen LogP contribution in [-0.2, 0) is 9.31 Å². The molecule has 74 valence electrons. The molecule has 0 atom stereocenters. The average Bonchev–Trinajstić information content (AvgIpc) is 2.23. The van der Waals surface area contributed by atoms with E-state index in [0.717, 1.165) is 5.46 Å². The second-order valence-corrected chi connectivity index (χ2v) is 2.97. The van der Waals surface area contributed by atoms with E-state index in [1.807, 2.05) is 37.3 Å². The van der Waals surface area contributed by atoms with Crippen LogP contribution in [0.2, 0.25) is 0 Å². The molecule has 0 unspecified atom stereocenters. The molecule has 3 heteroatoms. The SMILES string of the molecule is CC=Cc1ccc(B(OC)OC)cc1. The van der Waals surface area contributed by atoms with Crippen molar-refractivity contribution in [2.75, 3.05) is 14.2 Å². The van der Waals surface area contributed by atoms with Crippen molar-refractivity contribution >= 4 is 18.7 Å². The molecule has 0 saturated carbocycles. The summed E-state index contributed by atoms with van der Waals surface area (Å²) in [6.07, 6.45) is 4.07. The first kappa shape index (κ1) is 11.0. The molecule has 0 fully saturated rings. The Hall–Kier alpha value is -1.06. The van der Waals surface area contributed by atoms with Gasteiger partial charge in [0.15, 0.2) is 0 Å². The van der Waals surface area contributed by atoms with Crippen molar-refractivity contribution in [3.63, 3.8) is 0 Å². The van der Waals surface area contributed by atoms with Gasteiger partial charge in [0.2, 0.25) is 0 Å². The summed E-state index contributed by atoms with van der Waals surface area (Å²) >= 11 is 0. The molecule has 1 aromatic carbocycles. The molecule has 14 heavy (non-hydrogen) atoms. The molecule has 0 radical (unpaired) electrons. The maximum atomic E-state index is 5.15. The number of hydrogen-bond donors (Lipinski definition) is 0. The summed E-state index contributed by atoms with van der Waals surface area (Å²) in [6, 6.07) is 8.10. The summed E-state index contributed by atoms with van der Waals surface area (Å²) in [5.41, 5.74) is 2.21. The number of hydrogen-bond acceptors (Lipinski definition) is 2. The minimum Gasteiger partial charge on any atom is -0.410 e. The van der Waals surface area contributed by atoms with Gasteiger partial charge in [-0.25, -0.2) is 0 Å². The van der Waals surface area contributed by atoms with Crippen LogP contribution in [0.3, 0.4) is 0 Å². The van der Waals surface area contributed by atoms with Crippen LogP contribution in [0.4, 0.5) is 0 Å². The van der Waals surface area contributed by atoms with Crippen LogP contribution in [0.5, 0.6) is 0 Å². The maximum absolute atomic E-state index is 5.15. The minimum atomic E-state index is -0.269. The Balaban J connectivity index is 2.81. The van der Waals surface area contributed by atoms with E-state index in [0.29, 0.717) is 0 Å². The van der Waals surface area contributed by atoms with E-state index in [1.165, 1.54) is 5.56 Å². The van der Waals surface area contributed by atoms with Gasteiger partial charge >= 0.3 is 7.12 Å². The summed E-state index contributed by atoms with van der Waals surface area (Å²) in [5.74, 6) is 0. The van der Waals surface area contributed by atoms with Gasteiger partial charge in [-0.05, 0) is 17.9 Å². The second-order valence-electron chi connectivity index (χ2n) is 2.97. The molecule has 1 rings (SSSR count). The zero-order chi connectivity index (χ0) is 10.4. The highest BCUT2D eigenvalue weighted by molar-refractivity contribution is 6.61. The van der Waals surface area contributed by atoms with E-state index >= 15 is 0 Å². The van der Waals surface area contributed by atoms with Crippen LogP contribution < -0.4 is 5.46 Å². The fourth-order valence-electron chi connectivity index (χ4n) is 1.33. The van der Waals surface area contributed by atoms with E-state index in [-0.39, 0.29) is 7.12 Å². The molecule has 0 N–H and O–H groups in total. The van der Waals surface area contributed by atoms with E-state index in [4.69, 9.17) is 9.31 Å². The van der Waals surface area contributed by atoms with Crippen molar-refractivity contribution in [1.82, 2.24) is 0 Å². The molecular weight excluding hydrogens is 175 g/mol. The smallest absolute Gasteiger partial charge is 0.410 e. The Labute approximate surface area is 85.7 Å². The predicted octanol–water partition coefficient (Wildman–Crippen LogP) is 1.71. The van der Waals surface area contributed by atoms with Crippen LogP contribution in [-0.4, -0.2) is 21.3 Å². The van der Waals surface area contributed by atoms with Crippen LogP contribution >= 0.6 is 0 Å². The summed E-state index contributed by atoms with van der Waals surface area (Å²) in [5, 5.41) is 0. The van der Waals surface area contributed by atoms with Gasteiger partial charge in [0.05, 0.1) is 0 Å². The van der Waals surface area contributed by atoms with E-state index in [1.54, 1.807) is 14.2 Å². The van der Waals surface area contributed by atoms with Gasteiger partial charge in [-0.3, -0.25) is 0 Å². The van der Waals surface area contributed by atoms with Gasteiger partial charge in [0.1, 0.15) is 0 Å². The summed E-state index contributed by atoms with van der Waals surface area (Å²) in [7, 11) is 3.00. The molecule has 2 nitrogen and oxygen atoms in total. The van der Waals surface area contributed by atoms with Gasteiger partial charge < -0.3 is 9.31 Å². The molecule has 0 aliphatic carbocycles. The molecule has 0 spiro atoms. The Morgan fingerprint density at radius 3 is 2.07 bits per heavy atom. The monoisotopic (exact) mass is 190 g/mol. The number of allylic oxidation sites excluding steroid dienone is 1. The highest BCUT2D eigenvalue weighted by Crippen LogP contribution is 2.00. The zero-order valence-electron chi connectivity index (χ0n) is 8.86. The van der Waals surface area contributed by atoms with Gasteiger partial charge in [-0.15, -0.1) is 0 Å². The summed E-state index contributed by atoms with van der Waals surface area (Å²) in [6.45, 7) is 2.00. The molecule has 0 heterocycles. The molecule has 1 aromatic rings. The lowest BCUT2D eigenvalue weighted by molar-refractivity contribution is 0.292. The van der Waals surface area contributed by atoms with Crippen molar-refractivity contribution < 1.29 is 9.31 Å². The highest BCUT2D eigenvalue weighted by Gasteiger charge is 2.16. The van der Waals surface area contributed by atoms with Crippen LogP contribution in [0.15, 0.2) is 30.3 Å². The van der Waals surface area contributed by atoms with Crippen molar-refractivity contribution in [2.45, 2.75) is 6.92 Å². The molecule has 0 aliphatic heterocycles. The van der Waals surface area contributed by atoms with Crippen LogP contribution in [0, 0.1) is 0 Å². The van der Waals surface area contributed by atoms with Crippen LogP contribution in [0.1, 0.15) is 12.5 Å². The second kappa shape index (κ2) is 5.63. The molecule has 0 saturated heterocycles. The minimum absolute atomic E-state index is 0.269. The van der Waals surface area contributed by atoms with E-state index < -0.39 is 0 Å². The lowest BCUT2D eigenvalue weighted by atomic mass is 9.79. The quantitative estimate of drug-likeness (QED) is 0.672. The standard InChI is InChI=1S/C11H15BO2/c1-4-5-10-6-8-11(9-7-10)12(13-2)14-3/h4-9H,1-3H3. The number of benzene rings is 1. The van der Waals surface area contributed by atoms with Crippen molar-refractivity contribution in [3.05, 3.63) is 35.9 Å². The molecular formula is C11H15BO2. The fourth-order valence-corrected chi connectivity index (χ4v) is 1.33. The molecule has 0 bridgehead atoms. The Kier molecular flexibility index (Phi) is 4.43. The summed E-state index contributed by atoms with van der Waals surface area (Å²) in [4.78, 5) is 0. The van der Waals surface area contributed by atoms with Gasteiger partial charge in [-0.2, -0.15) is 0 Å². The third-order valence-electron chi connectivity index (χ3n) is 2.00. The third kappa shape index (κ3) is 2.72. The Morgan fingerprint density at radius 2 is 1.64 bits per heavy atom. The highest BCUT2D eigenvalue weighted by atomic mass is 16.6. The predicted molar refractivity (Wildman–Crippen MR) is 60.6 cm³/mol. The van der Waals surface area contributed by atoms with E-state index in [2.05, 4.69) is 6.08 Å². The van der Waals surface area contributed by atoms with Crippen molar-refractivity contribution in [1.29, 1.82) is 0 Å². The number of rotatable bonds is 4. The average molecular weight is 190 g/mol. The Morgan fingerprint density at radius 1 is 1.07 bits per heavy atom. The molecule has 0 aliphatic rings. The van der Waals surface area contributed by atoms with E-state index in [9.17, 15) is 0 Å². The third-order valence-corrected chi connectivity index (χ3v) is 2.00.